The van der Waals surface area contributed by atoms with Crippen molar-refractivity contribution in [2.24, 2.45) is 0 Å². The van der Waals surface area contributed by atoms with Crippen LogP contribution in [0.4, 0.5) is 5.82 Å². The second-order valence-electron chi connectivity index (χ2n) is 10.6. The Morgan fingerprint density at radius 2 is 1.56 bits per heavy atom. The number of para-hydroxylation sites is 1. The number of morpholine rings is 2. The Hall–Kier alpha value is -3.05. The molecule has 0 spiro atoms. The lowest BCUT2D eigenvalue weighted by atomic mass is 10.0. The largest absolute Gasteiger partial charge is 0.379 e. The molecule has 0 aliphatic carbocycles. The van der Waals surface area contributed by atoms with E-state index < -0.39 is 0 Å². The van der Waals surface area contributed by atoms with E-state index in [-0.39, 0.29) is 5.91 Å². The number of piperidine rings is 1. The summed E-state index contributed by atoms with van der Waals surface area (Å²) in [6.45, 7) is 10.7. The average molecular weight is 534 g/mol. The molecule has 0 bridgehead atoms. The third kappa shape index (κ3) is 6.24. The first-order valence-electron chi connectivity index (χ1n) is 14.3. The summed E-state index contributed by atoms with van der Waals surface area (Å²) >= 11 is 0. The molecule has 0 unspecified atom stereocenters. The van der Waals surface area contributed by atoms with Crippen molar-refractivity contribution in [3.63, 3.8) is 0 Å². The van der Waals surface area contributed by atoms with E-state index in [0.717, 1.165) is 113 Å². The van der Waals surface area contributed by atoms with Gasteiger partial charge >= 0.3 is 0 Å². The van der Waals surface area contributed by atoms with Crippen LogP contribution < -0.4 is 10.2 Å². The standard InChI is InChI=1S/C29H39N7O3/c37-29(30-9-12-33-13-17-38-18-14-33)21-23-22-36(26-4-2-1-3-25(23)26)28-6-5-27(31-32-28)35-10-7-24(8-11-35)34-15-19-39-20-16-34/h1-6,22,24H,7-21H2,(H,30,37). The molecule has 6 rings (SSSR count). The number of benzene rings is 1. The molecular formula is C29H39N7O3. The number of hydrogen-bond donors (Lipinski definition) is 1. The molecule has 39 heavy (non-hydrogen) atoms. The number of carbonyl (C=O) groups is 1. The van der Waals surface area contributed by atoms with Gasteiger partial charge in [-0.1, -0.05) is 18.2 Å². The second kappa shape index (κ2) is 12.4. The smallest absolute Gasteiger partial charge is 0.224 e. The lowest BCUT2D eigenvalue weighted by molar-refractivity contribution is -0.120. The minimum Gasteiger partial charge on any atom is -0.379 e. The molecule has 1 N–H and O–H groups in total. The summed E-state index contributed by atoms with van der Waals surface area (Å²) in [6.07, 6.45) is 4.65. The van der Waals surface area contributed by atoms with Crippen molar-refractivity contribution < 1.29 is 14.3 Å². The van der Waals surface area contributed by atoms with E-state index in [9.17, 15) is 4.79 Å². The van der Waals surface area contributed by atoms with Crippen molar-refractivity contribution in [1.82, 2.24) is 29.9 Å². The Kier molecular flexibility index (Phi) is 8.34. The fourth-order valence-corrected chi connectivity index (χ4v) is 6.01. The third-order valence-corrected chi connectivity index (χ3v) is 8.23. The number of aromatic nitrogens is 3. The lowest BCUT2D eigenvalue weighted by Gasteiger charge is -2.40. The Morgan fingerprint density at radius 3 is 2.31 bits per heavy atom. The number of carbonyl (C=O) groups excluding carboxylic acids is 1. The number of amides is 1. The average Bonchev–Trinajstić information content (AvgIpc) is 3.36. The number of rotatable bonds is 8. The molecule has 0 radical (unpaired) electrons. The van der Waals surface area contributed by atoms with Crippen LogP contribution in [0.15, 0.2) is 42.6 Å². The molecule has 3 aliphatic heterocycles. The van der Waals surface area contributed by atoms with Gasteiger partial charge in [-0.25, -0.2) is 0 Å². The van der Waals surface area contributed by atoms with Crippen LogP contribution >= 0.6 is 0 Å². The van der Waals surface area contributed by atoms with Crippen molar-refractivity contribution in [3.05, 3.63) is 48.2 Å². The number of hydrogen-bond acceptors (Lipinski definition) is 8. The highest BCUT2D eigenvalue weighted by atomic mass is 16.5. The first-order valence-corrected chi connectivity index (χ1v) is 14.3. The molecular weight excluding hydrogens is 494 g/mol. The molecule has 1 aromatic carbocycles. The van der Waals surface area contributed by atoms with E-state index in [1.54, 1.807) is 0 Å². The molecule has 10 nitrogen and oxygen atoms in total. The zero-order valence-electron chi connectivity index (χ0n) is 22.6. The Morgan fingerprint density at radius 1 is 0.872 bits per heavy atom. The Balaban J connectivity index is 1.09. The molecule has 2 aromatic heterocycles. The van der Waals surface area contributed by atoms with Crippen LogP contribution in [-0.2, 0) is 20.7 Å². The summed E-state index contributed by atoms with van der Waals surface area (Å²) in [5.41, 5.74) is 2.02. The van der Waals surface area contributed by atoms with Crippen LogP contribution in [-0.4, -0.2) is 115 Å². The van der Waals surface area contributed by atoms with Crippen molar-refractivity contribution in [1.29, 1.82) is 0 Å². The van der Waals surface area contributed by atoms with E-state index in [0.29, 0.717) is 19.0 Å². The minimum atomic E-state index is 0.0353. The van der Waals surface area contributed by atoms with Crippen LogP contribution in [0.3, 0.4) is 0 Å². The van der Waals surface area contributed by atoms with Gasteiger partial charge in [-0.15, -0.1) is 10.2 Å². The summed E-state index contributed by atoms with van der Waals surface area (Å²) < 4.78 is 13.0. The zero-order valence-corrected chi connectivity index (χ0v) is 22.6. The normalized spacial score (nSPS) is 19.9. The molecule has 3 aromatic rings. The zero-order chi connectivity index (χ0) is 26.4. The molecule has 10 heteroatoms. The molecule has 1 amide bonds. The predicted molar refractivity (Wildman–Crippen MR) is 150 cm³/mol. The van der Waals surface area contributed by atoms with Crippen molar-refractivity contribution in [3.8, 4) is 5.82 Å². The van der Waals surface area contributed by atoms with Crippen LogP contribution in [0, 0.1) is 0 Å². The molecule has 3 fully saturated rings. The molecule has 3 aliphatic rings. The molecule has 208 valence electrons. The van der Waals surface area contributed by atoms with E-state index in [4.69, 9.17) is 9.47 Å². The summed E-state index contributed by atoms with van der Waals surface area (Å²) in [5, 5.41) is 13.4. The molecule has 3 saturated heterocycles. The summed E-state index contributed by atoms with van der Waals surface area (Å²) in [6, 6.07) is 12.9. The minimum absolute atomic E-state index is 0.0353. The highest BCUT2D eigenvalue weighted by Crippen LogP contribution is 2.26. The van der Waals surface area contributed by atoms with Gasteiger partial charge in [0.15, 0.2) is 11.6 Å². The number of fused-ring (bicyclic) bond motifs is 1. The van der Waals surface area contributed by atoms with E-state index in [2.05, 4.69) is 48.4 Å². The van der Waals surface area contributed by atoms with E-state index >= 15 is 0 Å². The predicted octanol–water partition coefficient (Wildman–Crippen LogP) is 1.71. The monoisotopic (exact) mass is 533 g/mol. The summed E-state index contributed by atoms with van der Waals surface area (Å²) in [5.74, 6) is 1.72. The van der Waals surface area contributed by atoms with Crippen LogP contribution in [0.5, 0.6) is 0 Å². The van der Waals surface area contributed by atoms with Gasteiger partial charge in [0.1, 0.15) is 0 Å². The first kappa shape index (κ1) is 26.2. The number of anilines is 1. The van der Waals surface area contributed by atoms with Gasteiger partial charge in [0, 0.05) is 70.0 Å². The number of nitrogens with zero attached hydrogens (tertiary/aromatic N) is 6. The highest BCUT2D eigenvalue weighted by Gasteiger charge is 2.26. The van der Waals surface area contributed by atoms with Gasteiger partial charge in [-0.3, -0.25) is 19.2 Å². The van der Waals surface area contributed by atoms with Gasteiger partial charge in [0.05, 0.1) is 38.4 Å². The second-order valence-corrected chi connectivity index (χ2v) is 10.6. The number of nitrogens with one attached hydrogen (secondary N) is 1. The Labute approximate surface area is 229 Å². The highest BCUT2D eigenvalue weighted by molar-refractivity contribution is 5.90. The maximum Gasteiger partial charge on any atom is 0.224 e. The van der Waals surface area contributed by atoms with E-state index in [1.165, 1.54) is 0 Å². The first-order chi connectivity index (χ1) is 19.2. The lowest BCUT2D eigenvalue weighted by Crippen LogP contribution is -2.49. The SMILES string of the molecule is O=C(Cc1cn(-c2ccc(N3CCC(N4CCOCC4)CC3)nn2)c2ccccc12)NCCN1CCOCC1. The number of ether oxygens (including phenoxy) is 2. The van der Waals surface area contributed by atoms with Crippen molar-refractivity contribution in [2.75, 3.05) is 83.7 Å². The van der Waals surface area contributed by atoms with E-state index in [1.807, 2.05) is 29.0 Å². The van der Waals surface area contributed by atoms with Crippen LogP contribution in [0.2, 0.25) is 0 Å². The molecule has 0 saturated carbocycles. The Bertz CT molecular complexity index is 1230. The van der Waals surface area contributed by atoms with Crippen molar-refractivity contribution in [2.45, 2.75) is 25.3 Å². The van der Waals surface area contributed by atoms with Gasteiger partial charge in [0.2, 0.25) is 5.91 Å². The topological polar surface area (TPSA) is 88.0 Å². The van der Waals surface area contributed by atoms with Crippen molar-refractivity contribution >= 4 is 22.6 Å². The van der Waals surface area contributed by atoms with Gasteiger partial charge < -0.3 is 19.7 Å². The fourth-order valence-electron chi connectivity index (χ4n) is 6.01. The molecule has 0 atom stereocenters. The summed E-state index contributed by atoms with van der Waals surface area (Å²) in [4.78, 5) is 20.0. The van der Waals surface area contributed by atoms with Crippen LogP contribution in [0.25, 0.3) is 16.7 Å². The molecule has 5 heterocycles. The quantitative estimate of drug-likeness (QED) is 0.468. The maximum atomic E-state index is 12.8. The van der Waals surface area contributed by atoms with Gasteiger partial charge in [0.25, 0.3) is 0 Å². The van der Waals surface area contributed by atoms with Gasteiger partial charge in [-0.05, 0) is 36.6 Å². The summed E-state index contributed by atoms with van der Waals surface area (Å²) in [7, 11) is 0. The van der Waals surface area contributed by atoms with Gasteiger partial charge in [-0.2, -0.15) is 0 Å². The maximum absolute atomic E-state index is 12.8. The third-order valence-electron chi connectivity index (χ3n) is 8.23. The fraction of sp³-hybridized carbons (Fsp3) is 0.552. The van der Waals surface area contributed by atoms with Crippen LogP contribution in [0.1, 0.15) is 18.4 Å².